The van der Waals surface area contributed by atoms with Gasteiger partial charge in [-0.3, -0.25) is 0 Å². The van der Waals surface area contributed by atoms with E-state index in [1.165, 1.54) is 25.7 Å². The summed E-state index contributed by atoms with van der Waals surface area (Å²) < 4.78 is 87.3. The predicted molar refractivity (Wildman–Crippen MR) is 151 cm³/mol. The lowest BCUT2D eigenvalue weighted by atomic mass is 9.91. The van der Waals surface area contributed by atoms with Gasteiger partial charge >= 0.3 is 0 Å². The summed E-state index contributed by atoms with van der Waals surface area (Å²) in [6.45, 7) is 14.1. The summed E-state index contributed by atoms with van der Waals surface area (Å²) in [7, 11) is 0. The van der Waals surface area contributed by atoms with Crippen molar-refractivity contribution in [1.82, 2.24) is 0 Å². The van der Waals surface area contributed by atoms with E-state index in [-0.39, 0.29) is 30.7 Å². The molecule has 0 aromatic heterocycles. The van der Waals surface area contributed by atoms with Gasteiger partial charge in [-0.15, -0.1) is 0 Å². The highest BCUT2D eigenvalue weighted by Crippen LogP contribution is 2.37. The second-order valence-electron chi connectivity index (χ2n) is 11.7. The van der Waals surface area contributed by atoms with Gasteiger partial charge in [0.1, 0.15) is 0 Å². The SMILES string of the molecule is CCCCCCCCC(CCCCCCCc1c(F)c(F)c(F)c(F)c1F)C(OC(C)C)(OC(C)C)OC(C)C. The van der Waals surface area contributed by atoms with Gasteiger partial charge in [-0.25, -0.2) is 22.0 Å². The fourth-order valence-electron chi connectivity index (χ4n) is 5.12. The van der Waals surface area contributed by atoms with Crippen molar-refractivity contribution in [3.63, 3.8) is 0 Å². The van der Waals surface area contributed by atoms with Gasteiger partial charge in [-0.2, -0.15) is 0 Å². The third kappa shape index (κ3) is 12.3. The highest BCUT2D eigenvalue weighted by atomic mass is 19.2. The van der Waals surface area contributed by atoms with E-state index in [1.807, 2.05) is 41.5 Å². The predicted octanol–water partition coefficient (Wildman–Crippen LogP) is 10.6. The molecule has 1 rings (SSSR count). The maximum Gasteiger partial charge on any atom is 0.286 e. The minimum Gasteiger partial charge on any atom is -0.324 e. The van der Waals surface area contributed by atoms with Crippen molar-refractivity contribution in [3.05, 3.63) is 34.6 Å². The van der Waals surface area contributed by atoms with Crippen molar-refractivity contribution >= 4 is 0 Å². The Labute approximate surface area is 239 Å². The first-order chi connectivity index (χ1) is 18.9. The fraction of sp³-hybridized carbons (Fsp3) is 0.812. The molecule has 40 heavy (non-hydrogen) atoms. The highest BCUT2D eigenvalue weighted by Gasteiger charge is 2.44. The Hall–Kier alpha value is -1.25. The summed E-state index contributed by atoms with van der Waals surface area (Å²) in [6.07, 6.45) is 11.9. The summed E-state index contributed by atoms with van der Waals surface area (Å²) in [4.78, 5) is 0. The van der Waals surface area contributed by atoms with Crippen LogP contribution in [0.4, 0.5) is 22.0 Å². The van der Waals surface area contributed by atoms with E-state index in [1.54, 1.807) is 0 Å². The molecule has 0 fully saturated rings. The van der Waals surface area contributed by atoms with Crippen LogP contribution in [0.1, 0.15) is 138 Å². The van der Waals surface area contributed by atoms with Gasteiger partial charge in [0.05, 0.1) is 18.3 Å². The van der Waals surface area contributed by atoms with Crippen LogP contribution in [0, 0.1) is 35.0 Å². The van der Waals surface area contributed by atoms with Crippen LogP contribution in [0.15, 0.2) is 0 Å². The molecule has 234 valence electrons. The fourth-order valence-corrected chi connectivity index (χ4v) is 5.12. The van der Waals surface area contributed by atoms with E-state index in [0.717, 1.165) is 44.9 Å². The standard InChI is InChI=1S/C32H53F5O3/c1-8-9-10-11-13-16-19-25(32(38-22(2)3,39-23(4)5)40-24(6)7)20-17-14-12-15-18-21-26-27(33)29(35)31(37)30(36)28(26)34/h22-25H,8-21H2,1-7H3. The van der Waals surface area contributed by atoms with Gasteiger partial charge in [-0.05, 0) is 67.2 Å². The average Bonchev–Trinajstić information content (AvgIpc) is 2.86. The van der Waals surface area contributed by atoms with Gasteiger partial charge in [0.2, 0.25) is 5.82 Å². The first kappa shape index (κ1) is 36.8. The lowest BCUT2D eigenvalue weighted by Crippen LogP contribution is -2.50. The van der Waals surface area contributed by atoms with Crippen molar-refractivity contribution in [2.24, 2.45) is 5.92 Å². The van der Waals surface area contributed by atoms with E-state index in [2.05, 4.69) is 6.92 Å². The van der Waals surface area contributed by atoms with Crippen molar-refractivity contribution in [3.8, 4) is 0 Å². The molecule has 3 nitrogen and oxygen atoms in total. The maximum atomic E-state index is 13.9. The zero-order valence-corrected chi connectivity index (χ0v) is 25.8. The first-order valence-corrected chi connectivity index (χ1v) is 15.4. The Morgan fingerprint density at radius 2 is 0.850 bits per heavy atom. The first-order valence-electron chi connectivity index (χ1n) is 15.4. The normalized spacial score (nSPS) is 13.3. The molecule has 1 atom stereocenters. The molecule has 1 unspecified atom stereocenters. The Bertz CT molecular complexity index is 789. The summed E-state index contributed by atoms with van der Waals surface area (Å²) in [5.41, 5.74) is -0.734. The monoisotopic (exact) mass is 580 g/mol. The molecule has 0 radical (unpaired) electrons. The van der Waals surface area contributed by atoms with E-state index in [0.29, 0.717) is 12.8 Å². The maximum absolute atomic E-state index is 13.9. The number of unbranched alkanes of at least 4 members (excludes halogenated alkanes) is 9. The largest absolute Gasteiger partial charge is 0.324 e. The van der Waals surface area contributed by atoms with Crippen molar-refractivity contribution in [2.75, 3.05) is 0 Å². The molecule has 0 bridgehead atoms. The van der Waals surface area contributed by atoms with Gasteiger partial charge in [0, 0.05) is 11.5 Å². The molecule has 0 aliphatic carbocycles. The molecule has 0 saturated heterocycles. The molecular formula is C32H53F5O3. The quantitative estimate of drug-likeness (QED) is 0.0449. The third-order valence-corrected chi connectivity index (χ3v) is 6.89. The Morgan fingerprint density at radius 3 is 1.25 bits per heavy atom. The Morgan fingerprint density at radius 1 is 0.500 bits per heavy atom. The van der Waals surface area contributed by atoms with Crippen molar-refractivity contribution in [1.29, 1.82) is 0 Å². The van der Waals surface area contributed by atoms with Crippen LogP contribution in [0.3, 0.4) is 0 Å². The molecule has 1 aromatic carbocycles. The number of hydrogen-bond acceptors (Lipinski definition) is 3. The molecule has 0 amide bonds. The van der Waals surface area contributed by atoms with Crippen LogP contribution in [0.2, 0.25) is 0 Å². The van der Waals surface area contributed by atoms with Crippen LogP contribution in [-0.4, -0.2) is 24.3 Å². The Kier molecular flexibility index (Phi) is 17.5. The molecule has 0 spiro atoms. The Balaban J connectivity index is 2.80. The number of rotatable bonds is 22. The smallest absolute Gasteiger partial charge is 0.286 e. The zero-order valence-electron chi connectivity index (χ0n) is 25.8. The van der Waals surface area contributed by atoms with Gasteiger partial charge in [-0.1, -0.05) is 71.1 Å². The minimum atomic E-state index is -2.12. The molecule has 0 N–H and O–H groups in total. The molecule has 0 aliphatic heterocycles. The highest BCUT2D eigenvalue weighted by molar-refractivity contribution is 5.24. The van der Waals surface area contributed by atoms with Crippen LogP contribution in [0.25, 0.3) is 0 Å². The number of hydrogen-bond donors (Lipinski definition) is 0. The van der Waals surface area contributed by atoms with Crippen molar-refractivity contribution < 1.29 is 36.2 Å². The lowest BCUT2D eigenvalue weighted by Gasteiger charge is -2.43. The summed E-state index contributed by atoms with van der Waals surface area (Å²) in [5, 5.41) is 0. The van der Waals surface area contributed by atoms with Crippen molar-refractivity contribution in [2.45, 2.75) is 163 Å². The van der Waals surface area contributed by atoms with E-state index >= 15 is 0 Å². The number of ether oxygens (including phenoxy) is 3. The summed E-state index contributed by atoms with van der Waals surface area (Å²) in [6, 6.07) is 0. The lowest BCUT2D eigenvalue weighted by molar-refractivity contribution is -0.433. The van der Waals surface area contributed by atoms with E-state index < -0.39 is 40.6 Å². The summed E-state index contributed by atoms with van der Waals surface area (Å²) >= 11 is 0. The van der Waals surface area contributed by atoms with Crippen LogP contribution in [0.5, 0.6) is 0 Å². The van der Waals surface area contributed by atoms with Crippen LogP contribution < -0.4 is 0 Å². The van der Waals surface area contributed by atoms with Gasteiger partial charge < -0.3 is 14.2 Å². The second kappa shape index (κ2) is 19.0. The molecule has 0 heterocycles. The second-order valence-corrected chi connectivity index (χ2v) is 11.7. The minimum absolute atomic E-state index is 0.0271. The average molecular weight is 581 g/mol. The molecule has 0 saturated carbocycles. The molecule has 1 aromatic rings. The molecule has 0 aliphatic rings. The van der Waals surface area contributed by atoms with E-state index in [4.69, 9.17) is 14.2 Å². The van der Waals surface area contributed by atoms with Gasteiger partial charge in [0.25, 0.3) is 5.97 Å². The topological polar surface area (TPSA) is 27.7 Å². The molecule has 8 heteroatoms. The van der Waals surface area contributed by atoms with Gasteiger partial charge in [0.15, 0.2) is 23.3 Å². The zero-order chi connectivity index (χ0) is 30.3. The molecular weight excluding hydrogens is 527 g/mol. The number of halogens is 5. The van der Waals surface area contributed by atoms with Crippen LogP contribution in [-0.2, 0) is 20.6 Å². The van der Waals surface area contributed by atoms with E-state index in [9.17, 15) is 22.0 Å². The van der Waals surface area contributed by atoms with Crippen LogP contribution >= 0.6 is 0 Å². The summed E-state index contributed by atoms with van der Waals surface area (Å²) in [5.74, 6) is -10.5. The third-order valence-electron chi connectivity index (χ3n) is 6.89. The number of benzene rings is 1.